The van der Waals surface area contributed by atoms with Gasteiger partial charge in [-0.2, -0.15) is 0 Å². The number of aromatic hydroxyl groups is 2. The summed E-state index contributed by atoms with van der Waals surface area (Å²) in [5.41, 5.74) is 3.12. The van der Waals surface area contributed by atoms with Crippen molar-refractivity contribution in [1.29, 1.82) is 0 Å². The number of phenols is 2. The van der Waals surface area contributed by atoms with Gasteiger partial charge < -0.3 is 10.2 Å². The van der Waals surface area contributed by atoms with Crippen molar-refractivity contribution in [3.63, 3.8) is 0 Å². The minimum Gasteiger partial charge on any atom is -0.507 e. The van der Waals surface area contributed by atoms with E-state index in [-0.39, 0.29) is 99.6 Å². The van der Waals surface area contributed by atoms with Crippen molar-refractivity contribution in [3.05, 3.63) is 94.5 Å². The fourth-order valence-electron chi connectivity index (χ4n) is 2.24. The Labute approximate surface area is 236 Å². The van der Waals surface area contributed by atoms with E-state index in [2.05, 4.69) is 29.6 Å². The molecule has 3 aromatic rings. The van der Waals surface area contributed by atoms with E-state index in [4.69, 9.17) is 6.42 Å². The first kappa shape index (κ1) is 24.9. The number of benzene rings is 3. The van der Waals surface area contributed by atoms with Crippen molar-refractivity contribution in [2.45, 2.75) is 0 Å². The molecule has 0 amide bonds. The van der Waals surface area contributed by atoms with Gasteiger partial charge in [0.25, 0.3) is 0 Å². The molecule has 0 aliphatic rings. The Kier molecular flexibility index (Phi) is 11.0. The molecular formula is C24H14Ac2O2. The molecule has 0 atom stereocenters. The van der Waals surface area contributed by atoms with Crippen LogP contribution < -0.4 is 0 Å². The maximum Gasteiger partial charge on any atom is 0.131 e. The van der Waals surface area contributed by atoms with Crippen molar-refractivity contribution in [2.24, 2.45) is 0 Å². The standard InChI is InChI=1S/C24H14O2.2Ac/c1-2-18-10-14-23(25)21(16-18)13-9-20-11-15-24(26)22(17-20)12-8-19-6-4-3-5-7-19;;/h1,3-7,10-11,14-17,25-26H;;. The van der Waals surface area contributed by atoms with E-state index in [1.165, 1.54) is 6.07 Å². The van der Waals surface area contributed by atoms with Gasteiger partial charge in [-0.25, -0.2) is 0 Å². The third-order valence-corrected chi connectivity index (χ3v) is 3.62. The average Bonchev–Trinajstić information content (AvgIpc) is 2.68. The van der Waals surface area contributed by atoms with Gasteiger partial charge in [-0.1, -0.05) is 47.8 Å². The predicted octanol–water partition coefficient (Wildman–Crippen LogP) is 3.88. The third kappa shape index (κ3) is 7.01. The molecular weight excluding hydrogens is 774 g/mol. The molecule has 3 rings (SSSR count). The summed E-state index contributed by atoms with van der Waals surface area (Å²) >= 11 is 0. The summed E-state index contributed by atoms with van der Waals surface area (Å²) in [6.07, 6.45) is 5.37. The van der Waals surface area contributed by atoms with Crippen LogP contribution in [-0.4, -0.2) is 10.2 Å². The van der Waals surface area contributed by atoms with E-state index in [0.717, 1.165) is 5.56 Å². The second-order valence-electron chi connectivity index (χ2n) is 5.47. The minimum atomic E-state index is 0. The van der Waals surface area contributed by atoms with E-state index in [1.54, 1.807) is 30.3 Å². The van der Waals surface area contributed by atoms with Crippen LogP contribution in [0.4, 0.5) is 0 Å². The quantitative estimate of drug-likeness (QED) is 0.340. The van der Waals surface area contributed by atoms with Crippen molar-refractivity contribution >= 4 is 0 Å². The molecule has 0 saturated heterocycles. The molecule has 3 aromatic carbocycles. The van der Waals surface area contributed by atoms with Gasteiger partial charge in [0.05, 0.1) is 11.1 Å². The molecule has 0 aliphatic heterocycles. The number of hydrogen-bond acceptors (Lipinski definition) is 2. The van der Waals surface area contributed by atoms with Gasteiger partial charge in [0, 0.05) is 105 Å². The molecule has 0 bridgehead atoms. The molecule has 4 heteroatoms. The Balaban J connectivity index is 0.00000196. The van der Waals surface area contributed by atoms with Gasteiger partial charge in [-0.15, -0.1) is 6.42 Å². The Morgan fingerprint density at radius 3 is 1.64 bits per heavy atom. The minimum absolute atomic E-state index is 0. The van der Waals surface area contributed by atoms with Crippen molar-refractivity contribution in [1.82, 2.24) is 0 Å². The first-order chi connectivity index (χ1) is 12.7. The molecule has 128 valence electrons. The van der Waals surface area contributed by atoms with E-state index in [1.807, 2.05) is 30.3 Å². The second-order valence-corrected chi connectivity index (χ2v) is 5.47. The maximum absolute atomic E-state index is 10.00. The number of terminal acetylenes is 1. The molecule has 0 aromatic heterocycles. The van der Waals surface area contributed by atoms with E-state index < -0.39 is 0 Å². The Bertz CT molecular complexity index is 1120. The monoisotopic (exact) mass is 788 g/mol. The van der Waals surface area contributed by atoms with Crippen LogP contribution in [0.1, 0.15) is 27.8 Å². The molecule has 0 spiro atoms. The Hall–Kier alpha value is -1.18. The largest absolute Gasteiger partial charge is 0.507 e. The van der Waals surface area contributed by atoms with Crippen molar-refractivity contribution < 1.29 is 98.3 Å². The van der Waals surface area contributed by atoms with Gasteiger partial charge in [0.2, 0.25) is 0 Å². The molecule has 0 aliphatic carbocycles. The average molecular weight is 788 g/mol. The van der Waals surface area contributed by atoms with Crippen LogP contribution in [0.15, 0.2) is 66.7 Å². The molecule has 28 heavy (non-hydrogen) atoms. The Morgan fingerprint density at radius 2 is 1.07 bits per heavy atom. The molecule has 0 saturated carbocycles. The van der Waals surface area contributed by atoms with Crippen LogP contribution in [0.5, 0.6) is 11.5 Å². The first-order valence-corrected chi connectivity index (χ1v) is 7.87. The fraction of sp³-hybridized carbons (Fsp3) is 0. The van der Waals surface area contributed by atoms with Crippen LogP contribution >= 0.6 is 0 Å². The molecule has 2 N–H and O–H groups in total. The first-order valence-electron chi connectivity index (χ1n) is 7.87. The molecule has 0 heterocycles. The summed E-state index contributed by atoms with van der Waals surface area (Å²) in [5.74, 6) is 14.5. The summed E-state index contributed by atoms with van der Waals surface area (Å²) in [7, 11) is 0. The number of rotatable bonds is 0. The van der Waals surface area contributed by atoms with E-state index >= 15 is 0 Å². The van der Waals surface area contributed by atoms with Crippen LogP contribution in [0.2, 0.25) is 0 Å². The van der Waals surface area contributed by atoms with Crippen LogP contribution in [0.3, 0.4) is 0 Å². The van der Waals surface area contributed by atoms with Gasteiger partial charge in [-0.3, -0.25) is 0 Å². The van der Waals surface area contributed by atoms with Crippen molar-refractivity contribution in [2.75, 3.05) is 0 Å². The third-order valence-electron chi connectivity index (χ3n) is 3.62. The smallest absolute Gasteiger partial charge is 0.131 e. The SMILES string of the molecule is C#Cc1ccc(O)c(C#Cc2ccc(O)c(C#Cc3ccccc3)c2)c1.[Ac].[Ac]. The van der Waals surface area contributed by atoms with Gasteiger partial charge in [0.1, 0.15) is 11.5 Å². The number of phenolic OH excluding ortho intramolecular Hbond substituents is 2. The second kappa shape index (κ2) is 12.4. The van der Waals surface area contributed by atoms with E-state index in [9.17, 15) is 10.2 Å². The molecule has 0 unspecified atom stereocenters. The van der Waals surface area contributed by atoms with Crippen LogP contribution in [-0.2, 0) is 0 Å². The summed E-state index contributed by atoms with van der Waals surface area (Å²) in [4.78, 5) is 0. The van der Waals surface area contributed by atoms with Crippen molar-refractivity contribution in [3.8, 4) is 47.5 Å². The van der Waals surface area contributed by atoms with Gasteiger partial charge >= 0.3 is 0 Å². The zero-order valence-corrected chi connectivity index (χ0v) is 24.5. The molecule has 2 nitrogen and oxygen atoms in total. The predicted molar refractivity (Wildman–Crippen MR) is 103 cm³/mol. The summed E-state index contributed by atoms with van der Waals surface area (Å²) in [5, 5.41) is 19.9. The Morgan fingerprint density at radius 1 is 0.571 bits per heavy atom. The normalized spacial score (nSPS) is 8.54. The topological polar surface area (TPSA) is 40.5 Å². The summed E-state index contributed by atoms with van der Waals surface area (Å²) in [6, 6.07) is 19.3. The zero-order chi connectivity index (χ0) is 18.4. The summed E-state index contributed by atoms with van der Waals surface area (Å²) in [6.45, 7) is 0. The van der Waals surface area contributed by atoms with Crippen LogP contribution in [0, 0.1) is 124 Å². The summed E-state index contributed by atoms with van der Waals surface area (Å²) < 4.78 is 0. The molecule has 2 radical (unpaired) electrons. The van der Waals surface area contributed by atoms with Crippen LogP contribution in [0.25, 0.3) is 0 Å². The van der Waals surface area contributed by atoms with E-state index in [0.29, 0.717) is 22.3 Å². The van der Waals surface area contributed by atoms with Gasteiger partial charge in [0.15, 0.2) is 0 Å². The maximum atomic E-state index is 10.00. The zero-order valence-electron chi connectivity index (χ0n) is 15.0. The number of hydrogen-bond donors (Lipinski definition) is 2. The van der Waals surface area contributed by atoms with Gasteiger partial charge in [-0.05, 0) is 48.5 Å². The molecule has 0 fully saturated rings. The fourth-order valence-corrected chi connectivity index (χ4v) is 2.24.